The van der Waals surface area contributed by atoms with E-state index in [1.54, 1.807) is 29.9 Å². The summed E-state index contributed by atoms with van der Waals surface area (Å²) < 4.78 is 28.4. The summed E-state index contributed by atoms with van der Waals surface area (Å²) in [5, 5.41) is 6.17. The predicted octanol–water partition coefficient (Wildman–Crippen LogP) is 2.80. The Morgan fingerprint density at radius 1 is 1.22 bits per heavy atom. The number of amides is 1. The number of carbonyl (C=O) groups excluding carboxylic acids is 2. The lowest BCUT2D eigenvalue weighted by Crippen LogP contribution is -2.50. The fraction of sp³-hybridized carbons (Fsp3) is 0.368. The zero-order chi connectivity index (χ0) is 18.8. The first-order chi connectivity index (χ1) is 12.4. The zero-order valence-electron chi connectivity index (χ0n) is 15.1. The highest BCUT2D eigenvalue weighted by atomic mass is 35.5. The molecule has 8 heteroatoms. The average Bonchev–Trinajstić information content (AvgIpc) is 3.00. The minimum atomic E-state index is -0.889. The number of hydrogen-bond acceptors (Lipinski definition) is 3. The van der Waals surface area contributed by atoms with Gasteiger partial charge in [0, 0.05) is 37.3 Å². The van der Waals surface area contributed by atoms with Gasteiger partial charge in [0.1, 0.15) is 5.69 Å². The van der Waals surface area contributed by atoms with Crippen LogP contribution in [-0.2, 0) is 7.05 Å². The molecular weight excluding hydrogens is 376 g/mol. The van der Waals surface area contributed by atoms with E-state index in [1.165, 1.54) is 13.0 Å². The third-order valence-electron chi connectivity index (χ3n) is 4.81. The van der Waals surface area contributed by atoms with Crippen LogP contribution in [0.5, 0.6) is 0 Å². The minimum absolute atomic E-state index is 0. The summed E-state index contributed by atoms with van der Waals surface area (Å²) in [4.78, 5) is 24.2. The predicted molar refractivity (Wildman–Crippen MR) is 101 cm³/mol. The summed E-state index contributed by atoms with van der Waals surface area (Å²) in [6, 6.07) is 5.16. The van der Waals surface area contributed by atoms with Crippen LogP contribution in [0.15, 0.2) is 30.5 Å². The van der Waals surface area contributed by atoms with E-state index in [0.29, 0.717) is 29.8 Å². The largest absolute Gasteiger partial charge is 0.346 e. The number of rotatable bonds is 4. The Kier molecular flexibility index (Phi) is 6.73. The van der Waals surface area contributed by atoms with Gasteiger partial charge in [-0.2, -0.15) is 0 Å². The van der Waals surface area contributed by atoms with Crippen molar-refractivity contribution in [2.45, 2.75) is 25.3 Å². The molecule has 1 aliphatic rings. The van der Waals surface area contributed by atoms with Crippen molar-refractivity contribution in [1.29, 1.82) is 0 Å². The molecule has 2 aromatic rings. The highest BCUT2D eigenvalue weighted by Gasteiger charge is 2.29. The van der Waals surface area contributed by atoms with Gasteiger partial charge in [-0.1, -0.05) is 6.07 Å². The molecule has 0 spiro atoms. The van der Waals surface area contributed by atoms with Gasteiger partial charge in [-0.3, -0.25) is 9.59 Å². The van der Waals surface area contributed by atoms with Gasteiger partial charge in [0.25, 0.3) is 5.91 Å². The van der Waals surface area contributed by atoms with Crippen molar-refractivity contribution in [3.63, 3.8) is 0 Å². The smallest absolute Gasteiger partial charge is 0.268 e. The second kappa shape index (κ2) is 8.63. The normalized spacial score (nSPS) is 19.3. The van der Waals surface area contributed by atoms with Crippen LogP contribution < -0.4 is 10.6 Å². The Hall–Kier alpha value is -2.25. The number of aryl methyl sites for hydroxylation is 1. The molecule has 1 saturated heterocycles. The molecule has 2 unspecified atom stereocenters. The van der Waals surface area contributed by atoms with E-state index >= 15 is 0 Å². The number of ketones is 1. The molecule has 1 aromatic heterocycles. The van der Waals surface area contributed by atoms with Gasteiger partial charge >= 0.3 is 0 Å². The van der Waals surface area contributed by atoms with E-state index < -0.39 is 11.6 Å². The van der Waals surface area contributed by atoms with Crippen LogP contribution >= 0.6 is 12.4 Å². The Morgan fingerprint density at radius 3 is 2.59 bits per heavy atom. The molecule has 0 aliphatic carbocycles. The molecule has 5 nitrogen and oxygen atoms in total. The lowest BCUT2D eigenvalue weighted by Gasteiger charge is -2.33. The Bertz CT molecular complexity index is 853. The number of aromatic nitrogens is 1. The van der Waals surface area contributed by atoms with Gasteiger partial charge < -0.3 is 15.2 Å². The number of piperidine rings is 1. The van der Waals surface area contributed by atoms with Crippen molar-refractivity contribution >= 4 is 24.1 Å². The molecule has 146 valence electrons. The van der Waals surface area contributed by atoms with Crippen LogP contribution in [0.2, 0.25) is 0 Å². The topological polar surface area (TPSA) is 63.1 Å². The first kappa shape index (κ1) is 21.1. The van der Waals surface area contributed by atoms with Crippen molar-refractivity contribution < 1.29 is 18.4 Å². The molecule has 1 aromatic carbocycles. The standard InChI is InChI=1S/C19H21F2N3O2.ClH/c1-11(25)13-8-18(24(2)10-13)19(26)23-17-9-22-6-5-14(17)12-3-4-15(20)16(21)7-12;/h3-4,7-8,10,14,17,22H,5-6,9H2,1-2H3,(H,23,26);1H. The Balaban J connectivity index is 0.00000261. The van der Waals surface area contributed by atoms with Crippen LogP contribution in [0.1, 0.15) is 45.7 Å². The summed E-state index contributed by atoms with van der Waals surface area (Å²) in [7, 11) is 1.70. The molecule has 2 atom stereocenters. The fourth-order valence-electron chi connectivity index (χ4n) is 3.38. The molecule has 1 aliphatic heterocycles. The third-order valence-corrected chi connectivity index (χ3v) is 4.81. The van der Waals surface area contributed by atoms with Crippen LogP contribution in [0.3, 0.4) is 0 Å². The molecule has 1 amide bonds. The molecule has 3 rings (SSSR count). The van der Waals surface area contributed by atoms with E-state index in [1.807, 2.05) is 0 Å². The molecule has 1 fully saturated rings. The number of hydrogen-bond donors (Lipinski definition) is 2. The quantitative estimate of drug-likeness (QED) is 0.780. The van der Waals surface area contributed by atoms with E-state index in [0.717, 1.165) is 12.6 Å². The van der Waals surface area contributed by atoms with Crippen molar-refractivity contribution in [3.8, 4) is 0 Å². The second-order valence-electron chi connectivity index (χ2n) is 6.63. The van der Waals surface area contributed by atoms with Crippen molar-refractivity contribution in [2.75, 3.05) is 13.1 Å². The SMILES string of the molecule is CC(=O)c1cc(C(=O)NC2CNCCC2c2ccc(F)c(F)c2)n(C)c1.Cl. The van der Waals surface area contributed by atoms with E-state index in [2.05, 4.69) is 10.6 Å². The molecule has 0 saturated carbocycles. The molecular formula is C19H22ClF2N3O2. The number of Topliss-reactive ketones (excluding diaryl/α,β-unsaturated/α-hetero) is 1. The fourth-order valence-corrected chi connectivity index (χ4v) is 3.38. The summed E-state index contributed by atoms with van der Waals surface area (Å²) in [6.45, 7) is 2.70. The van der Waals surface area contributed by atoms with Gasteiger partial charge in [0.15, 0.2) is 17.4 Å². The summed E-state index contributed by atoms with van der Waals surface area (Å²) in [6.07, 6.45) is 2.31. The maximum absolute atomic E-state index is 13.6. The second-order valence-corrected chi connectivity index (χ2v) is 6.63. The van der Waals surface area contributed by atoms with Crippen LogP contribution in [0, 0.1) is 11.6 Å². The zero-order valence-corrected chi connectivity index (χ0v) is 15.9. The summed E-state index contributed by atoms with van der Waals surface area (Å²) >= 11 is 0. The highest BCUT2D eigenvalue weighted by Crippen LogP contribution is 2.27. The van der Waals surface area contributed by atoms with Crippen LogP contribution in [-0.4, -0.2) is 35.4 Å². The highest BCUT2D eigenvalue weighted by molar-refractivity contribution is 5.99. The van der Waals surface area contributed by atoms with Crippen molar-refractivity contribution in [2.24, 2.45) is 7.05 Å². The number of halogens is 3. The maximum atomic E-state index is 13.6. The van der Waals surface area contributed by atoms with E-state index in [4.69, 9.17) is 0 Å². The molecule has 0 bridgehead atoms. The van der Waals surface area contributed by atoms with E-state index in [-0.39, 0.29) is 36.1 Å². The average molecular weight is 398 g/mol. The minimum Gasteiger partial charge on any atom is -0.346 e. The van der Waals surface area contributed by atoms with Crippen molar-refractivity contribution in [3.05, 3.63) is 58.9 Å². The lowest BCUT2D eigenvalue weighted by atomic mass is 9.86. The van der Waals surface area contributed by atoms with Gasteiger partial charge in [0.05, 0.1) is 0 Å². The number of carbonyl (C=O) groups is 2. The number of nitrogens with one attached hydrogen (secondary N) is 2. The van der Waals surface area contributed by atoms with Gasteiger partial charge in [-0.15, -0.1) is 12.4 Å². The summed E-state index contributed by atoms with van der Waals surface area (Å²) in [5.74, 6) is -2.31. The number of nitrogens with zero attached hydrogens (tertiary/aromatic N) is 1. The Morgan fingerprint density at radius 2 is 1.96 bits per heavy atom. The molecule has 27 heavy (non-hydrogen) atoms. The molecule has 2 N–H and O–H groups in total. The van der Waals surface area contributed by atoms with Crippen molar-refractivity contribution in [1.82, 2.24) is 15.2 Å². The third kappa shape index (κ3) is 4.54. The summed E-state index contributed by atoms with van der Waals surface area (Å²) in [5.41, 5.74) is 1.51. The first-order valence-electron chi connectivity index (χ1n) is 8.50. The van der Waals surface area contributed by atoms with Gasteiger partial charge in [0.2, 0.25) is 0 Å². The van der Waals surface area contributed by atoms with Crippen LogP contribution in [0.4, 0.5) is 8.78 Å². The Labute approximate surface area is 162 Å². The first-order valence-corrected chi connectivity index (χ1v) is 8.50. The lowest BCUT2D eigenvalue weighted by molar-refractivity contribution is 0.0916. The number of benzene rings is 1. The maximum Gasteiger partial charge on any atom is 0.268 e. The molecule has 2 heterocycles. The van der Waals surface area contributed by atoms with E-state index in [9.17, 15) is 18.4 Å². The van der Waals surface area contributed by atoms with Gasteiger partial charge in [-0.05, 0) is 43.7 Å². The van der Waals surface area contributed by atoms with Gasteiger partial charge in [-0.25, -0.2) is 8.78 Å². The van der Waals surface area contributed by atoms with Crippen LogP contribution in [0.25, 0.3) is 0 Å². The monoisotopic (exact) mass is 397 g/mol. The molecule has 0 radical (unpaired) electrons.